The molecule has 1 unspecified atom stereocenters. The van der Waals surface area contributed by atoms with Crippen LogP contribution in [0.25, 0.3) is 22.3 Å². The molecule has 3 N–H and O–H groups in total. The first-order valence-corrected chi connectivity index (χ1v) is 16.3. The molecular formula is C40H41N3O4. The fourth-order valence-corrected chi connectivity index (χ4v) is 6.91. The zero-order valence-electron chi connectivity index (χ0n) is 26.7. The number of fused-ring (bicyclic) bond motifs is 3. The molecule has 4 aromatic rings. The molecule has 6 rings (SSSR count). The number of amides is 3. The van der Waals surface area contributed by atoms with E-state index in [1.165, 1.54) is 0 Å². The van der Waals surface area contributed by atoms with Gasteiger partial charge in [0.25, 0.3) is 5.91 Å². The standard InChI is InChI=1S/C40H41N3O4/c1-3-10-34(38(41)44)35(24-26-11-8-12-26)39(45)42-37-33-17-5-4-15-31(33)32-16-6-7-18-36(32)43(40(37)46)25-27-13-9-14-29(23-27)28-19-21-30(47-2)22-20-28/h3-7,9,13-23,26,34-35,37H,1,8,10-12,24-25H2,2H3,(H2,41,44)(H,42,45)/t34-,35+,37?/m0/s1. The topological polar surface area (TPSA) is 102 Å². The molecule has 2 aliphatic rings. The van der Waals surface area contributed by atoms with Gasteiger partial charge in [0, 0.05) is 5.56 Å². The van der Waals surface area contributed by atoms with Gasteiger partial charge in [0.15, 0.2) is 0 Å². The SMILES string of the molecule is C=CC[C@H](C(N)=O)[C@@H](CC1CCC1)C(=O)NC1C(=O)N(Cc2cccc(-c3ccc(OC)cc3)c2)c2ccccc2-c2ccccc21. The zero-order chi connectivity index (χ0) is 32.9. The highest BCUT2D eigenvalue weighted by Crippen LogP contribution is 2.42. The Morgan fingerprint density at radius 1 is 0.936 bits per heavy atom. The molecule has 3 amide bonds. The molecule has 1 aliphatic heterocycles. The third-order valence-corrected chi connectivity index (χ3v) is 9.67. The summed E-state index contributed by atoms with van der Waals surface area (Å²) in [5, 5.41) is 3.13. The van der Waals surface area contributed by atoms with Crippen molar-refractivity contribution in [1.29, 1.82) is 0 Å². The molecule has 4 aromatic carbocycles. The van der Waals surface area contributed by atoms with Crippen molar-refractivity contribution in [2.75, 3.05) is 12.0 Å². The molecule has 1 aliphatic carbocycles. The predicted molar refractivity (Wildman–Crippen MR) is 185 cm³/mol. The van der Waals surface area contributed by atoms with Gasteiger partial charge < -0.3 is 20.7 Å². The number of nitrogens with one attached hydrogen (secondary N) is 1. The van der Waals surface area contributed by atoms with E-state index >= 15 is 0 Å². The van der Waals surface area contributed by atoms with E-state index in [1.54, 1.807) is 18.1 Å². The third-order valence-electron chi connectivity index (χ3n) is 9.67. The lowest BCUT2D eigenvalue weighted by molar-refractivity contribution is -0.136. The Bertz CT molecular complexity index is 1780. The van der Waals surface area contributed by atoms with Crippen molar-refractivity contribution in [3.63, 3.8) is 0 Å². The number of anilines is 1. The number of nitrogens with zero attached hydrogens (tertiary/aromatic N) is 1. The molecule has 47 heavy (non-hydrogen) atoms. The Morgan fingerprint density at radius 2 is 1.66 bits per heavy atom. The predicted octanol–water partition coefficient (Wildman–Crippen LogP) is 7.22. The van der Waals surface area contributed by atoms with E-state index in [1.807, 2.05) is 91.0 Å². The summed E-state index contributed by atoms with van der Waals surface area (Å²) in [5.74, 6) is -1.31. The summed E-state index contributed by atoms with van der Waals surface area (Å²) in [6.45, 7) is 4.11. The van der Waals surface area contributed by atoms with E-state index in [4.69, 9.17) is 10.5 Å². The minimum atomic E-state index is -0.961. The maximum absolute atomic E-state index is 14.8. The molecule has 240 valence electrons. The number of ether oxygens (including phenoxy) is 1. The van der Waals surface area contributed by atoms with Crippen LogP contribution in [0.5, 0.6) is 5.75 Å². The highest BCUT2D eigenvalue weighted by atomic mass is 16.5. The highest BCUT2D eigenvalue weighted by Gasteiger charge is 2.40. The first-order chi connectivity index (χ1) is 22.9. The van der Waals surface area contributed by atoms with Crippen LogP contribution in [0.4, 0.5) is 5.69 Å². The quantitative estimate of drug-likeness (QED) is 0.162. The third kappa shape index (κ3) is 6.70. The summed E-state index contributed by atoms with van der Waals surface area (Å²) in [7, 11) is 1.64. The monoisotopic (exact) mass is 627 g/mol. The second kappa shape index (κ2) is 14.1. The van der Waals surface area contributed by atoms with E-state index in [0.29, 0.717) is 25.3 Å². The molecular weight excluding hydrogens is 586 g/mol. The number of allylic oxidation sites excluding steroid dienone is 1. The lowest BCUT2D eigenvalue weighted by atomic mass is 9.74. The minimum absolute atomic E-state index is 0.243. The van der Waals surface area contributed by atoms with Crippen molar-refractivity contribution in [2.45, 2.75) is 44.7 Å². The maximum atomic E-state index is 14.8. The molecule has 1 saturated carbocycles. The smallest absolute Gasteiger partial charge is 0.254 e. The Hall–Kier alpha value is -5.17. The van der Waals surface area contributed by atoms with Gasteiger partial charge in [-0.25, -0.2) is 0 Å². The Morgan fingerprint density at radius 3 is 2.34 bits per heavy atom. The van der Waals surface area contributed by atoms with Crippen LogP contribution in [0.3, 0.4) is 0 Å². The number of hydrogen-bond donors (Lipinski definition) is 2. The molecule has 7 nitrogen and oxygen atoms in total. The second-order valence-corrected chi connectivity index (χ2v) is 12.6. The van der Waals surface area contributed by atoms with E-state index < -0.39 is 23.8 Å². The summed E-state index contributed by atoms with van der Waals surface area (Å²) in [6, 6.07) is 30.6. The summed E-state index contributed by atoms with van der Waals surface area (Å²) in [5.41, 5.74) is 12.1. The molecule has 3 atom stereocenters. The first-order valence-electron chi connectivity index (χ1n) is 16.3. The molecule has 0 spiro atoms. The van der Waals surface area contributed by atoms with E-state index in [0.717, 1.165) is 64.1 Å². The summed E-state index contributed by atoms with van der Waals surface area (Å²) >= 11 is 0. The van der Waals surface area contributed by atoms with E-state index in [-0.39, 0.29) is 11.8 Å². The van der Waals surface area contributed by atoms with Crippen LogP contribution >= 0.6 is 0 Å². The average molecular weight is 628 g/mol. The number of primary amides is 1. The van der Waals surface area contributed by atoms with Crippen LogP contribution in [0, 0.1) is 17.8 Å². The number of carbonyl (C=O) groups is 3. The lowest BCUT2D eigenvalue weighted by Crippen LogP contribution is -2.47. The van der Waals surface area contributed by atoms with Crippen molar-refractivity contribution in [2.24, 2.45) is 23.5 Å². The van der Waals surface area contributed by atoms with Crippen LogP contribution in [-0.2, 0) is 20.9 Å². The van der Waals surface area contributed by atoms with Crippen LogP contribution in [0.1, 0.15) is 49.3 Å². The number of rotatable bonds is 12. The van der Waals surface area contributed by atoms with Crippen molar-refractivity contribution in [3.8, 4) is 28.0 Å². The average Bonchev–Trinajstić information content (AvgIpc) is 3.16. The fraction of sp³-hybridized carbons (Fsp3) is 0.275. The fourth-order valence-electron chi connectivity index (χ4n) is 6.91. The maximum Gasteiger partial charge on any atom is 0.254 e. The van der Waals surface area contributed by atoms with Crippen molar-refractivity contribution in [3.05, 3.63) is 121 Å². The minimum Gasteiger partial charge on any atom is -0.497 e. The van der Waals surface area contributed by atoms with E-state index in [2.05, 4.69) is 18.0 Å². The van der Waals surface area contributed by atoms with Gasteiger partial charge >= 0.3 is 0 Å². The first kappa shape index (κ1) is 31.8. The van der Waals surface area contributed by atoms with Gasteiger partial charge in [-0.05, 0) is 70.8 Å². The summed E-state index contributed by atoms with van der Waals surface area (Å²) in [6.07, 6.45) is 5.65. The Labute approximate surface area is 276 Å². The van der Waals surface area contributed by atoms with Gasteiger partial charge in [0.05, 0.1) is 31.2 Å². The summed E-state index contributed by atoms with van der Waals surface area (Å²) in [4.78, 5) is 43.4. The molecule has 0 radical (unpaired) electrons. The number of methoxy groups -OCH3 is 1. The van der Waals surface area contributed by atoms with Gasteiger partial charge in [-0.3, -0.25) is 14.4 Å². The van der Waals surface area contributed by atoms with Crippen molar-refractivity contribution >= 4 is 23.4 Å². The number of hydrogen-bond acceptors (Lipinski definition) is 4. The van der Waals surface area contributed by atoms with Gasteiger partial charge in [0.2, 0.25) is 11.8 Å². The number of benzene rings is 4. The van der Waals surface area contributed by atoms with Crippen LogP contribution in [-0.4, -0.2) is 24.8 Å². The second-order valence-electron chi connectivity index (χ2n) is 12.6. The Balaban J connectivity index is 1.37. The van der Waals surface area contributed by atoms with Crippen LogP contribution in [0.2, 0.25) is 0 Å². The molecule has 1 heterocycles. The Kier molecular flexibility index (Phi) is 9.52. The molecule has 0 aromatic heterocycles. The number of carbonyl (C=O) groups excluding carboxylic acids is 3. The van der Waals surface area contributed by atoms with Gasteiger partial charge in [-0.1, -0.05) is 98.1 Å². The van der Waals surface area contributed by atoms with Crippen LogP contribution < -0.4 is 20.7 Å². The van der Waals surface area contributed by atoms with Crippen LogP contribution in [0.15, 0.2) is 110 Å². The molecule has 0 saturated heterocycles. The number of nitrogens with two attached hydrogens (primary N) is 1. The molecule has 0 bridgehead atoms. The summed E-state index contributed by atoms with van der Waals surface area (Å²) < 4.78 is 5.33. The molecule has 7 heteroatoms. The van der Waals surface area contributed by atoms with Crippen molar-refractivity contribution < 1.29 is 19.1 Å². The highest BCUT2D eigenvalue weighted by molar-refractivity contribution is 6.06. The normalized spacial score (nSPS) is 16.9. The van der Waals surface area contributed by atoms with Gasteiger partial charge in [-0.2, -0.15) is 0 Å². The van der Waals surface area contributed by atoms with Crippen molar-refractivity contribution in [1.82, 2.24) is 5.32 Å². The van der Waals surface area contributed by atoms with Gasteiger partial charge in [-0.15, -0.1) is 6.58 Å². The zero-order valence-corrected chi connectivity index (χ0v) is 26.7. The number of para-hydroxylation sites is 1. The largest absolute Gasteiger partial charge is 0.497 e. The lowest BCUT2D eigenvalue weighted by Gasteiger charge is -2.33. The van der Waals surface area contributed by atoms with E-state index in [9.17, 15) is 14.4 Å². The molecule has 1 fully saturated rings. The van der Waals surface area contributed by atoms with Gasteiger partial charge in [0.1, 0.15) is 11.8 Å².